The maximum absolute atomic E-state index is 12.3. The summed E-state index contributed by atoms with van der Waals surface area (Å²) in [5.41, 5.74) is 6.84. The highest BCUT2D eigenvalue weighted by Crippen LogP contribution is 2.30. The minimum Gasteiger partial charge on any atom is -0.383 e. The number of anilines is 2. The van der Waals surface area contributed by atoms with Crippen molar-refractivity contribution in [3.8, 4) is 0 Å². The van der Waals surface area contributed by atoms with Gasteiger partial charge in [-0.1, -0.05) is 40.2 Å². The van der Waals surface area contributed by atoms with Crippen molar-refractivity contribution in [2.75, 3.05) is 11.1 Å². The van der Waals surface area contributed by atoms with E-state index in [0.717, 1.165) is 20.9 Å². The van der Waals surface area contributed by atoms with Gasteiger partial charge in [0.1, 0.15) is 5.82 Å². The molecule has 5 heteroatoms. The van der Waals surface area contributed by atoms with Crippen LogP contribution in [0.1, 0.15) is 10.4 Å². The second-order valence-corrected chi connectivity index (χ2v) is 5.39. The molecule has 4 nitrogen and oxygen atoms in total. The molecule has 104 valence electrons. The summed E-state index contributed by atoms with van der Waals surface area (Å²) < 4.78 is 0.983. The zero-order chi connectivity index (χ0) is 14.8. The van der Waals surface area contributed by atoms with E-state index < -0.39 is 0 Å². The van der Waals surface area contributed by atoms with Gasteiger partial charge in [0.2, 0.25) is 0 Å². The average Bonchev–Trinajstić information content (AvgIpc) is 2.51. The number of hydrogen-bond donors (Lipinski definition) is 2. The number of nitrogens with two attached hydrogens (primary N) is 1. The number of fused-ring (bicyclic) bond motifs is 1. The Morgan fingerprint density at radius 2 is 1.81 bits per heavy atom. The van der Waals surface area contributed by atoms with Gasteiger partial charge in [-0.3, -0.25) is 4.79 Å². The Hall–Kier alpha value is -2.40. The summed E-state index contributed by atoms with van der Waals surface area (Å²) in [7, 11) is 0. The predicted octanol–water partition coefficient (Wildman–Crippen LogP) is 3.83. The molecule has 0 aliphatic carbocycles. The van der Waals surface area contributed by atoms with Crippen LogP contribution in [0.4, 0.5) is 11.5 Å². The number of nitrogen functional groups attached to an aromatic ring is 1. The number of nitrogens with one attached hydrogen (secondary N) is 1. The Morgan fingerprint density at radius 1 is 1.05 bits per heavy atom. The van der Waals surface area contributed by atoms with Crippen molar-refractivity contribution in [2.45, 2.75) is 0 Å². The number of nitrogens with zero attached hydrogens (tertiary/aromatic N) is 1. The van der Waals surface area contributed by atoms with E-state index in [1.54, 1.807) is 18.3 Å². The van der Waals surface area contributed by atoms with E-state index in [1.165, 1.54) is 0 Å². The molecule has 0 atom stereocenters. The molecule has 1 heterocycles. The number of aromatic nitrogens is 1. The smallest absolute Gasteiger partial charge is 0.259 e. The first-order chi connectivity index (χ1) is 10.2. The topological polar surface area (TPSA) is 68.0 Å². The van der Waals surface area contributed by atoms with Crippen molar-refractivity contribution < 1.29 is 4.79 Å². The molecule has 3 N–H and O–H groups in total. The maximum Gasteiger partial charge on any atom is 0.259 e. The number of halogens is 1. The largest absolute Gasteiger partial charge is 0.383 e. The Labute approximate surface area is 130 Å². The summed E-state index contributed by atoms with van der Waals surface area (Å²) in [5, 5.41) is 4.89. The highest BCUT2D eigenvalue weighted by Gasteiger charge is 2.12. The van der Waals surface area contributed by atoms with Crippen LogP contribution in [-0.4, -0.2) is 10.9 Å². The number of rotatable bonds is 2. The van der Waals surface area contributed by atoms with Gasteiger partial charge in [-0.05, 0) is 29.7 Å². The Balaban J connectivity index is 2.01. The number of benzene rings is 2. The molecule has 1 aromatic heterocycles. The van der Waals surface area contributed by atoms with Crippen LogP contribution in [0.3, 0.4) is 0 Å². The fourth-order valence-electron chi connectivity index (χ4n) is 2.17. The van der Waals surface area contributed by atoms with E-state index in [-0.39, 0.29) is 11.7 Å². The second kappa shape index (κ2) is 5.54. The molecular weight excluding hydrogens is 330 g/mol. The Morgan fingerprint density at radius 3 is 2.57 bits per heavy atom. The lowest BCUT2D eigenvalue weighted by Crippen LogP contribution is -2.14. The summed E-state index contributed by atoms with van der Waals surface area (Å²) in [5.74, 6) is -0.0514. The van der Waals surface area contributed by atoms with Gasteiger partial charge in [-0.25, -0.2) is 4.98 Å². The van der Waals surface area contributed by atoms with Gasteiger partial charge in [0.05, 0.1) is 5.56 Å². The van der Waals surface area contributed by atoms with Gasteiger partial charge < -0.3 is 11.1 Å². The summed E-state index contributed by atoms with van der Waals surface area (Å²) in [6.07, 6.45) is 1.56. The lowest BCUT2D eigenvalue weighted by atomic mass is 10.1. The van der Waals surface area contributed by atoms with Gasteiger partial charge in [-0.15, -0.1) is 0 Å². The molecule has 0 fully saturated rings. The van der Waals surface area contributed by atoms with Crippen LogP contribution in [-0.2, 0) is 0 Å². The third-order valence-corrected chi connectivity index (χ3v) is 3.89. The molecule has 0 bridgehead atoms. The average molecular weight is 342 g/mol. The third kappa shape index (κ3) is 2.60. The van der Waals surface area contributed by atoms with Crippen LogP contribution in [0, 0.1) is 0 Å². The van der Waals surface area contributed by atoms with Crippen LogP contribution in [0.15, 0.2) is 59.2 Å². The van der Waals surface area contributed by atoms with Crippen molar-refractivity contribution in [2.24, 2.45) is 0 Å². The van der Waals surface area contributed by atoms with Crippen molar-refractivity contribution in [1.82, 2.24) is 4.98 Å². The first-order valence-electron chi connectivity index (χ1n) is 6.36. The standard InChI is InChI=1S/C16H12BrN3O/c17-13-7-8-14(11-5-2-1-4-10(11)13)20-16(21)12-6-3-9-19-15(12)18/h1-9H,(H2,18,19)(H,20,21). The fraction of sp³-hybridized carbons (Fsp3) is 0. The first-order valence-corrected chi connectivity index (χ1v) is 7.15. The number of pyridine rings is 1. The SMILES string of the molecule is Nc1ncccc1C(=O)Nc1ccc(Br)c2ccccc12. The van der Waals surface area contributed by atoms with E-state index in [1.807, 2.05) is 36.4 Å². The molecule has 0 saturated heterocycles. The molecule has 0 saturated carbocycles. The van der Waals surface area contributed by atoms with Gasteiger partial charge >= 0.3 is 0 Å². The summed E-state index contributed by atoms with van der Waals surface area (Å²) >= 11 is 3.51. The minimum absolute atomic E-state index is 0.219. The van der Waals surface area contributed by atoms with Crippen LogP contribution in [0.5, 0.6) is 0 Å². The molecule has 1 amide bonds. The molecule has 0 radical (unpaired) electrons. The molecule has 0 spiro atoms. The van der Waals surface area contributed by atoms with E-state index in [0.29, 0.717) is 5.56 Å². The highest BCUT2D eigenvalue weighted by atomic mass is 79.9. The van der Waals surface area contributed by atoms with E-state index >= 15 is 0 Å². The fourth-order valence-corrected chi connectivity index (χ4v) is 2.65. The molecule has 0 aliphatic heterocycles. The number of hydrogen-bond acceptors (Lipinski definition) is 3. The zero-order valence-corrected chi connectivity index (χ0v) is 12.6. The first kappa shape index (κ1) is 13.6. The van der Waals surface area contributed by atoms with Crippen LogP contribution < -0.4 is 11.1 Å². The second-order valence-electron chi connectivity index (χ2n) is 4.53. The summed E-state index contributed by atoms with van der Waals surface area (Å²) in [6, 6.07) is 14.9. The predicted molar refractivity (Wildman–Crippen MR) is 88.3 cm³/mol. The lowest BCUT2D eigenvalue weighted by Gasteiger charge is -2.10. The Kier molecular flexibility index (Phi) is 3.58. The number of carbonyl (C=O) groups is 1. The quantitative estimate of drug-likeness (QED) is 0.744. The van der Waals surface area contributed by atoms with Gasteiger partial charge in [0, 0.05) is 21.7 Å². The molecule has 3 aromatic rings. The monoisotopic (exact) mass is 341 g/mol. The number of carbonyl (C=O) groups excluding carboxylic acids is 1. The zero-order valence-electron chi connectivity index (χ0n) is 11.0. The minimum atomic E-state index is -0.270. The Bertz CT molecular complexity index is 833. The van der Waals surface area contributed by atoms with Gasteiger partial charge in [-0.2, -0.15) is 0 Å². The van der Waals surface area contributed by atoms with E-state index in [4.69, 9.17) is 5.73 Å². The number of amides is 1. The van der Waals surface area contributed by atoms with E-state index in [9.17, 15) is 4.79 Å². The lowest BCUT2D eigenvalue weighted by molar-refractivity contribution is 0.102. The molecule has 2 aromatic carbocycles. The maximum atomic E-state index is 12.3. The summed E-state index contributed by atoms with van der Waals surface area (Å²) in [4.78, 5) is 16.2. The molecule has 0 aliphatic rings. The van der Waals surface area contributed by atoms with Crippen LogP contribution in [0.25, 0.3) is 10.8 Å². The third-order valence-electron chi connectivity index (χ3n) is 3.20. The van der Waals surface area contributed by atoms with Crippen molar-refractivity contribution in [3.63, 3.8) is 0 Å². The molecule has 0 unspecified atom stereocenters. The van der Waals surface area contributed by atoms with Crippen LogP contribution >= 0.6 is 15.9 Å². The normalized spacial score (nSPS) is 10.5. The highest BCUT2D eigenvalue weighted by molar-refractivity contribution is 9.10. The van der Waals surface area contributed by atoms with Crippen molar-refractivity contribution >= 4 is 44.1 Å². The van der Waals surface area contributed by atoms with Gasteiger partial charge in [0.25, 0.3) is 5.91 Å². The molecule has 21 heavy (non-hydrogen) atoms. The van der Waals surface area contributed by atoms with Crippen LogP contribution in [0.2, 0.25) is 0 Å². The van der Waals surface area contributed by atoms with Crippen molar-refractivity contribution in [3.05, 3.63) is 64.8 Å². The molecular formula is C16H12BrN3O. The van der Waals surface area contributed by atoms with Gasteiger partial charge in [0.15, 0.2) is 0 Å². The van der Waals surface area contributed by atoms with Crippen molar-refractivity contribution in [1.29, 1.82) is 0 Å². The van der Waals surface area contributed by atoms with E-state index in [2.05, 4.69) is 26.2 Å². The molecule has 3 rings (SSSR count). The summed E-state index contributed by atoms with van der Waals surface area (Å²) in [6.45, 7) is 0.